The lowest BCUT2D eigenvalue weighted by Crippen LogP contribution is -2.21. The molecule has 3 atom stereocenters. The second-order valence-electron chi connectivity index (χ2n) is 5.95. The van der Waals surface area contributed by atoms with E-state index in [2.05, 4.69) is 39.8 Å². The molecule has 0 aromatic rings. The molecule has 0 aromatic carbocycles. The van der Waals surface area contributed by atoms with Crippen LogP contribution in [0.5, 0.6) is 0 Å². The molecule has 1 N–H and O–H groups in total. The average Bonchev–Trinajstić information content (AvgIpc) is 2.70. The first kappa shape index (κ1) is 19.8. The van der Waals surface area contributed by atoms with E-state index in [1.165, 1.54) is 17.7 Å². The van der Waals surface area contributed by atoms with Gasteiger partial charge in [0, 0.05) is 10.9 Å². The minimum atomic E-state index is -0.336. The van der Waals surface area contributed by atoms with Gasteiger partial charge in [-0.05, 0) is 64.2 Å². The molecule has 1 fully saturated rings. The van der Waals surface area contributed by atoms with Gasteiger partial charge in [-0.1, -0.05) is 27.7 Å². The number of hydrogen-bond donors (Lipinski definition) is 1. The molecule has 1 rings (SSSR count). The maximum absolute atomic E-state index is 9.69. The first-order valence-electron chi connectivity index (χ1n) is 8.13. The summed E-state index contributed by atoms with van der Waals surface area (Å²) in [4.78, 5) is 1.47. The van der Waals surface area contributed by atoms with E-state index in [9.17, 15) is 5.11 Å². The summed E-state index contributed by atoms with van der Waals surface area (Å²) in [7, 11) is 0.361. The molecule has 0 bridgehead atoms. The molecule has 3 unspecified atom stereocenters. The Bertz CT molecular complexity index is 318. The van der Waals surface area contributed by atoms with E-state index < -0.39 is 0 Å². The van der Waals surface area contributed by atoms with Crippen LogP contribution < -0.4 is 0 Å². The zero-order chi connectivity index (χ0) is 15.9. The summed E-state index contributed by atoms with van der Waals surface area (Å²) in [5.41, 5.74) is 1.08. The van der Waals surface area contributed by atoms with Crippen molar-refractivity contribution >= 4 is 10.9 Å². The van der Waals surface area contributed by atoms with Crippen molar-refractivity contribution in [3.05, 3.63) is 22.6 Å². The number of aliphatic hydroxyl groups excluding tert-OH is 1. The van der Waals surface area contributed by atoms with Crippen LogP contribution in [0.4, 0.5) is 0 Å². The highest BCUT2D eigenvalue weighted by Gasteiger charge is 2.42. The zero-order valence-corrected chi connectivity index (χ0v) is 15.6. The number of rotatable bonds is 4. The van der Waals surface area contributed by atoms with Crippen LogP contribution in [0.2, 0.25) is 0 Å². The van der Waals surface area contributed by atoms with Crippen LogP contribution in [0.15, 0.2) is 22.6 Å². The van der Waals surface area contributed by atoms with Crippen LogP contribution in [-0.2, 0) is 10.9 Å². The molecular weight excluding hydrogens is 264 g/mol. The van der Waals surface area contributed by atoms with Crippen LogP contribution >= 0.6 is 0 Å². The molecule has 1 heterocycles. The predicted molar refractivity (Wildman–Crippen MR) is 95.2 cm³/mol. The monoisotopic (exact) mass is 299 g/mol. The Morgan fingerprint density at radius 2 is 1.55 bits per heavy atom. The molecule has 1 aliphatic heterocycles. The number of aliphatic hydroxyl groups is 1. The number of allylic oxidation sites excluding steroid dienone is 2. The largest absolute Gasteiger partial charge is 0.389 e. The average molecular weight is 300 g/mol. The van der Waals surface area contributed by atoms with Gasteiger partial charge in [-0.2, -0.15) is 0 Å². The second-order valence-corrected chi connectivity index (χ2v) is 8.77. The molecule has 1 saturated heterocycles. The fraction of sp³-hybridized carbons (Fsp3) is 0.778. The highest BCUT2D eigenvalue weighted by atomic mass is 32.2. The summed E-state index contributed by atoms with van der Waals surface area (Å²) in [6.45, 7) is 17.1. The van der Waals surface area contributed by atoms with Gasteiger partial charge >= 0.3 is 0 Å². The third-order valence-corrected chi connectivity index (χ3v) is 6.65. The first-order valence-corrected chi connectivity index (χ1v) is 9.48. The zero-order valence-electron chi connectivity index (χ0n) is 14.7. The maximum atomic E-state index is 9.69. The highest BCUT2D eigenvalue weighted by Crippen LogP contribution is 2.36. The van der Waals surface area contributed by atoms with Crippen molar-refractivity contribution in [1.82, 2.24) is 0 Å². The normalized spacial score (nSPS) is 29.2. The van der Waals surface area contributed by atoms with Crippen LogP contribution in [0.1, 0.15) is 68.2 Å². The van der Waals surface area contributed by atoms with E-state index in [-0.39, 0.29) is 6.10 Å². The van der Waals surface area contributed by atoms with Crippen LogP contribution in [-0.4, -0.2) is 21.7 Å². The molecule has 2 heteroatoms. The first-order chi connectivity index (χ1) is 9.32. The van der Waals surface area contributed by atoms with Gasteiger partial charge in [-0.3, -0.25) is 0 Å². The van der Waals surface area contributed by atoms with Crippen LogP contribution in [0.25, 0.3) is 0 Å². The van der Waals surface area contributed by atoms with E-state index in [0.29, 0.717) is 16.8 Å². The van der Waals surface area contributed by atoms with E-state index in [1.807, 2.05) is 27.7 Å². The summed E-state index contributed by atoms with van der Waals surface area (Å²) in [6.07, 6.45) is 7.00. The van der Waals surface area contributed by atoms with Gasteiger partial charge in [0.2, 0.25) is 0 Å². The minimum absolute atomic E-state index is 0.336. The summed E-state index contributed by atoms with van der Waals surface area (Å²) in [5, 5.41) is 11.3. The molecule has 0 aromatic heterocycles. The minimum Gasteiger partial charge on any atom is -0.389 e. The number of hydrogen-bond acceptors (Lipinski definition) is 1. The van der Waals surface area contributed by atoms with Gasteiger partial charge in [0.25, 0.3) is 0 Å². The van der Waals surface area contributed by atoms with Crippen molar-refractivity contribution in [2.45, 2.75) is 84.8 Å². The quantitative estimate of drug-likeness (QED) is 0.567. The Hall–Kier alpha value is -0.210. The van der Waals surface area contributed by atoms with Crippen molar-refractivity contribution in [3.63, 3.8) is 0 Å². The van der Waals surface area contributed by atoms with Crippen LogP contribution in [0, 0.1) is 5.92 Å². The molecule has 0 aliphatic carbocycles. The second kappa shape index (κ2) is 9.68. The summed E-state index contributed by atoms with van der Waals surface area (Å²) >= 11 is 0. The van der Waals surface area contributed by atoms with Crippen LogP contribution in [0.3, 0.4) is 0 Å². The third kappa shape index (κ3) is 6.05. The lowest BCUT2D eigenvalue weighted by atomic mass is 10.1. The van der Waals surface area contributed by atoms with Gasteiger partial charge in [-0.25, -0.2) is 0 Å². The lowest BCUT2D eigenvalue weighted by Gasteiger charge is -2.14. The molecule has 0 amide bonds. The Labute approximate surface area is 129 Å². The van der Waals surface area contributed by atoms with Crippen molar-refractivity contribution in [2.24, 2.45) is 5.92 Å². The highest BCUT2D eigenvalue weighted by molar-refractivity contribution is 8.02. The molecule has 1 aliphatic rings. The smallest absolute Gasteiger partial charge is 0.151 e. The summed E-state index contributed by atoms with van der Waals surface area (Å²) in [6, 6.07) is 0. The molecule has 0 saturated carbocycles. The maximum Gasteiger partial charge on any atom is 0.151 e. The summed E-state index contributed by atoms with van der Waals surface area (Å²) < 4.78 is 0. The lowest BCUT2D eigenvalue weighted by molar-refractivity contribution is 0.231. The van der Waals surface area contributed by atoms with Crippen molar-refractivity contribution < 1.29 is 5.11 Å². The van der Waals surface area contributed by atoms with Crippen molar-refractivity contribution in [1.29, 1.82) is 0 Å². The fourth-order valence-electron chi connectivity index (χ4n) is 2.45. The van der Waals surface area contributed by atoms with E-state index in [4.69, 9.17) is 0 Å². The standard InChI is InChI=1S/C16H29OS.C2H6/c1-11(2)9-16(10-12(3)15(6)17)18-13(4)7-8-14(18)5;1-2/h9-11,13-15,17H,7-8H2,1-6H3;1-2H3/q+1;/b12-10-,16-9+;. The Morgan fingerprint density at radius 1 is 1.10 bits per heavy atom. The molecule has 20 heavy (non-hydrogen) atoms. The Kier molecular flexibility index (Phi) is 9.58. The van der Waals surface area contributed by atoms with Crippen molar-refractivity contribution in [2.75, 3.05) is 0 Å². The molecular formula is C18H35OS+. The van der Waals surface area contributed by atoms with Gasteiger partial charge in [-0.15, -0.1) is 0 Å². The molecule has 0 radical (unpaired) electrons. The third-order valence-electron chi connectivity index (χ3n) is 3.65. The predicted octanol–water partition coefficient (Wildman–Crippen LogP) is 5.07. The SMILES string of the molecule is C/C(=C/C(=C\C(C)C)[S+]1C(C)CCC1C)C(C)O.CC. The molecule has 1 nitrogen and oxygen atoms in total. The Morgan fingerprint density at radius 3 is 1.90 bits per heavy atom. The summed E-state index contributed by atoms with van der Waals surface area (Å²) in [5.74, 6) is 0.575. The van der Waals surface area contributed by atoms with Gasteiger partial charge in [0.05, 0.1) is 6.10 Å². The van der Waals surface area contributed by atoms with E-state index >= 15 is 0 Å². The molecule has 118 valence electrons. The topological polar surface area (TPSA) is 20.2 Å². The van der Waals surface area contributed by atoms with E-state index in [1.54, 1.807) is 0 Å². The van der Waals surface area contributed by atoms with Crippen molar-refractivity contribution in [3.8, 4) is 0 Å². The molecule has 0 spiro atoms. The van der Waals surface area contributed by atoms with Gasteiger partial charge in [0.15, 0.2) is 4.91 Å². The van der Waals surface area contributed by atoms with Gasteiger partial charge in [0.1, 0.15) is 10.5 Å². The fourth-order valence-corrected chi connectivity index (χ4v) is 5.71. The Balaban J connectivity index is 0.00000172. The van der Waals surface area contributed by atoms with E-state index in [0.717, 1.165) is 16.1 Å². The van der Waals surface area contributed by atoms with Gasteiger partial charge < -0.3 is 5.11 Å².